The van der Waals surface area contributed by atoms with E-state index in [-0.39, 0.29) is 5.70 Å². The van der Waals surface area contributed by atoms with Crippen LogP contribution in [0.4, 0.5) is 0 Å². The van der Waals surface area contributed by atoms with Gasteiger partial charge < -0.3 is 5.32 Å². The summed E-state index contributed by atoms with van der Waals surface area (Å²) in [7, 11) is 0. The minimum absolute atomic E-state index is 0.00412. The Bertz CT molecular complexity index is 714. The van der Waals surface area contributed by atoms with Crippen molar-refractivity contribution in [2.24, 2.45) is 5.84 Å². The van der Waals surface area contributed by atoms with Crippen molar-refractivity contribution in [2.45, 2.75) is 0 Å². The number of rotatable bonds is 4. The number of carbonyl (C=O) groups is 2. The average Bonchev–Trinajstić information content (AvgIpc) is 2.56. The lowest BCUT2D eigenvalue weighted by atomic mass is 10.1. The summed E-state index contributed by atoms with van der Waals surface area (Å²) in [5.41, 5.74) is 3.02. The molecule has 0 unspecified atom stereocenters. The lowest BCUT2D eigenvalue weighted by molar-refractivity contribution is -0.117. The fourth-order valence-corrected chi connectivity index (χ4v) is 1.96. The summed E-state index contributed by atoms with van der Waals surface area (Å²) in [6.07, 6.45) is 1.46. The first-order chi connectivity index (χ1) is 10.6. The van der Waals surface area contributed by atoms with Crippen molar-refractivity contribution in [1.82, 2.24) is 10.7 Å². The van der Waals surface area contributed by atoms with Gasteiger partial charge >= 0.3 is 0 Å². The third-order valence-corrected chi connectivity index (χ3v) is 3.21. The number of benzene rings is 2. The van der Waals surface area contributed by atoms with Gasteiger partial charge in [0.15, 0.2) is 0 Å². The second-order valence-corrected chi connectivity index (χ2v) is 4.78. The maximum atomic E-state index is 12.1. The normalized spacial score (nSPS) is 10.9. The van der Waals surface area contributed by atoms with Crippen molar-refractivity contribution in [3.8, 4) is 0 Å². The summed E-state index contributed by atoms with van der Waals surface area (Å²) in [6.45, 7) is 0. The molecule has 0 aromatic heterocycles. The van der Waals surface area contributed by atoms with Crippen LogP contribution in [0.25, 0.3) is 6.08 Å². The van der Waals surface area contributed by atoms with E-state index >= 15 is 0 Å². The van der Waals surface area contributed by atoms with Gasteiger partial charge in [0.05, 0.1) is 0 Å². The minimum atomic E-state index is -0.621. The number of nitrogens with two attached hydrogens (primary N) is 1. The van der Waals surface area contributed by atoms with Gasteiger partial charge in [0, 0.05) is 10.6 Å². The van der Waals surface area contributed by atoms with E-state index in [4.69, 9.17) is 17.4 Å². The van der Waals surface area contributed by atoms with Crippen molar-refractivity contribution < 1.29 is 9.59 Å². The van der Waals surface area contributed by atoms with E-state index in [2.05, 4.69) is 5.32 Å². The molecule has 2 aromatic rings. The van der Waals surface area contributed by atoms with E-state index in [9.17, 15) is 9.59 Å². The molecule has 2 rings (SSSR count). The minimum Gasteiger partial charge on any atom is -0.317 e. The molecule has 0 atom stereocenters. The molecule has 0 spiro atoms. The number of hydrazine groups is 1. The molecule has 112 valence electrons. The van der Waals surface area contributed by atoms with E-state index in [1.54, 1.807) is 54.6 Å². The number of carbonyl (C=O) groups excluding carboxylic acids is 2. The monoisotopic (exact) mass is 315 g/mol. The molecule has 0 saturated carbocycles. The molecule has 5 nitrogen and oxygen atoms in total. The number of amides is 2. The lowest BCUT2D eigenvalue weighted by Crippen LogP contribution is -2.38. The number of halogens is 1. The topological polar surface area (TPSA) is 84.2 Å². The predicted molar refractivity (Wildman–Crippen MR) is 85.7 cm³/mol. The fourth-order valence-electron chi connectivity index (χ4n) is 1.77. The molecule has 0 radical (unpaired) electrons. The van der Waals surface area contributed by atoms with Gasteiger partial charge in [-0.25, -0.2) is 5.84 Å². The van der Waals surface area contributed by atoms with Crippen molar-refractivity contribution in [1.29, 1.82) is 0 Å². The van der Waals surface area contributed by atoms with Crippen LogP contribution in [-0.4, -0.2) is 11.8 Å². The van der Waals surface area contributed by atoms with Gasteiger partial charge in [-0.1, -0.05) is 48.0 Å². The Morgan fingerprint density at radius 1 is 1.00 bits per heavy atom. The Kier molecular flexibility index (Phi) is 5.30. The van der Waals surface area contributed by atoms with Crippen molar-refractivity contribution in [2.75, 3.05) is 0 Å². The quantitative estimate of drug-likeness (QED) is 0.349. The van der Waals surface area contributed by atoms with E-state index in [1.165, 1.54) is 6.08 Å². The molecule has 0 aliphatic rings. The van der Waals surface area contributed by atoms with Crippen LogP contribution in [0.15, 0.2) is 60.3 Å². The Morgan fingerprint density at radius 2 is 1.64 bits per heavy atom. The molecule has 0 heterocycles. The van der Waals surface area contributed by atoms with Crippen LogP contribution in [0.3, 0.4) is 0 Å². The number of nitrogens with one attached hydrogen (secondary N) is 2. The van der Waals surface area contributed by atoms with Crippen LogP contribution in [-0.2, 0) is 4.79 Å². The first-order valence-corrected chi connectivity index (χ1v) is 6.83. The lowest BCUT2D eigenvalue weighted by Gasteiger charge is -2.09. The highest BCUT2D eigenvalue weighted by Gasteiger charge is 2.14. The van der Waals surface area contributed by atoms with Gasteiger partial charge in [0.1, 0.15) is 5.70 Å². The molecule has 6 heteroatoms. The molecule has 0 saturated heterocycles. The van der Waals surface area contributed by atoms with E-state index < -0.39 is 11.8 Å². The largest absolute Gasteiger partial charge is 0.317 e. The Balaban J connectivity index is 2.30. The molecule has 2 aromatic carbocycles. The third-order valence-electron chi connectivity index (χ3n) is 2.86. The standard InChI is InChI=1S/C16H14ClN3O2/c17-13-9-5-4-8-12(13)10-14(16(22)20-18)19-15(21)11-6-2-1-3-7-11/h1-10H,18H2,(H,19,21)(H,20,22)/b14-10+. The molecule has 4 N–H and O–H groups in total. The SMILES string of the molecule is NNC(=O)/C(=C\c1ccccc1Cl)NC(=O)c1ccccc1. The fraction of sp³-hybridized carbons (Fsp3) is 0. The van der Waals surface area contributed by atoms with Crippen molar-refractivity contribution >= 4 is 29.5 Å². The first kappa shape index (κ1) is 15.8. The molecule has 22 heavy (non-hydrogen) atoms. The Morgan fingerprint density at radius 3 is 2.27 bits per heavy atom. The molecular weight excluding hydrogens is 302 g/mol. The van der Waals surface area contributed by atoms with Crippen LogP contribution in [0.1, 0.15) is 15.9 Å². The van der Waals surface area contributed by atoms with Crippen LogP contribution in [0.2, 0.25) is 5.02 Å². The first-order valence-electron chi connectivity index (χ1n) is 6.45. The number of hydrogen-bond acceptors (Lipinski definition) is 3. The Hall–Kier alpha value is -2.63. The van der Waals surface area contributed by atoms with Gasteiger partial charge in [0.25, 0.3) is 11.8 Å². The third kappa shape index (κ3) is 3.94. The van der Waals surface area contributed by atoms with Crippen molar-refractivity contribution in [3.63, 3.8) is 0 Å². The van der Waals surface area contributed by atoms with Gasteiger partial charge in [-0.05, 0) is 29.8 Å². The number of hydrogen-bond donors (Lipinski definition) is 3. The predicted octanol–water partition coefficient (Wildman–Crippen LogP) is 2.10. The van der Waals surface area contributed by atoms with Crippen LogP contribution < -0.4 is 16.6 Å². The van der Waals surface area contributed by atoms with Crippen LogP contribution in [0, 0.1) is 0 Å². The summed E-state index contributed by atoms with van der Waals surface area (Å²) in [4.78, 5) is 24.0. The average molecular weight is 316 g/mol. The maximum Gasteiger partial charge on any atom is 0.281 e. The zero-order chi connectivity index (χ0) is 15.9. The smallest absolute Gasteiger partial charge is 0.281 e. The molecule has 2 amide bonds. The van der Waals surface area contributed by atoms with E-state index in [0.717, 1.165) is 0 Å². The van der Waals surface area contributed by atoms with Gasteiger partial charge in [-0.2, -0.15) is 0 Å². The summed E-state index contributed by atoms with van der Waals surface area (Å²) in [6, 6.07) is 15.5. The van der Waals surface area contributed by atoms with Crippen molar-refractivity contribution in [3.05, 3.63) is 76.4 Å². The second-order valence-electron chi connectivity index (χ2n) is 4.37. The molecule has 0 aliphatic heterocycles. The highest BCUT2D eigenvalue weighted by molar-refractivity contribution is 6.32. The highest BCUT2D eigenvalue weighted by Crippen LogP contribution is 2.17. The van der Waals surface area contributed by atoms with E-state index in [1.807, 2.05) is 5.43 Å². The summed E-state index contributed by atoms with van der Waals surface area (Å²) >= 11 is 6.05. The second kappa shape index (κ2) is 7.40. The molecular formula is C16H14ClN3O2. The maximum absolute atomic E-state index is 12.1. The van der Waals surface area contributed by atoms with Crippen LogP contribution >= 0.6 is 11.6 Å². The van der Waals surface area contributed by atoms with Crippen LogP contribution in [0.5, 0.6) is 0 Å². The Labute approximate surface area is 132 Å². The zero-order valence-electron chi connectivity index (χ0n) is 11.5. The van der Waals surface area contributed by atoms with Gasteiger partial charge in [-0.3, -0.25) is 15.0 Å². The summed E-state index contributed by atoms with van der Waals surface area (Å²) in [5.74, 6) is 4.12. The molecule has 0 fully saturated rings. The molecule has 0 bridgehead atoms. The zero-order valence-corrected chi connectivity index (χ0v) is 12.3. The van der Waals surface area contributed by atoms with Gasteiger partial charge in [0.2, 0.25) is 0 Å². The highest BCUT2D eigenvalue weighted by atomic mass is 35.5. The van der Waals surface area contributed by atoms with Gasteiger partial charge in [-0.15, -0.1) is 0 Å². The molecule has 0 aliphatic carbocycles. The summed E-state index contributed by atoms with van der Waals surface area (Å²) in [5, 5.41) is 2.99. The summed E-state index contributed by atoms with van der Waals surface area (Å²) < 4.78 is 0. The van der Waals surface area contributed by atoms with E-state index in [0.29, 0.717) is 16.1 Å².